The third kappa shape index (κ3) is 8.58. The van der Waals surface area contributed by atoms with Crippen LogP contribution in [0, 0.1) is 12.8 Å². The molecule has 0 radical (unpaired) electrons. The number of halogens is 5. The molecule has 1 aromatic carbocycles. The van der Waals surface area contributed by atoms with Gasteiger partial charge < -0.3 is 24.5 Å². The second-order valence-corrected chi connectivity index (χ2v) is 13.2. The fourth-order valence-electron chi connectivity index (χ4n) is 5.68. The lowest BCUT2D eigenvalue weighted by atomic mass is 9.95. The first-order valence-electron chi connectivity index (χ1n) is 15.3. The van der Waals surface area contributed by atoms with Crippen LogP contribution in [-0.4, -0.2) is 59.1 Å². The number of nitrogens with zero attached hydrogens (tertiary/aromatic N) is 3. The first kappa shape index (κ1) is 37.0. The molecule has 1 unspecified atom stereocenters. The Bertz CT molecular complexity index is 1870. The van der Waals surface area contributed by atoms with E-state index in [2.05, 4.69) is 15.3 Å². The number of hydrogen-bond donors (Lipinski definition) is 2. The average molecular weight is 709 g/mol. The van der Waals surface area contributed by atoms with Crippen molar-refractivity contribution < 1.29 is 27.5 Å². The summed E-state index contributed by atoms with van der Waals surface area (Å²) in [5.41, 5.74) is 1.17. The van der Waals surface area contributed by atoms with Crippen molar-refractivity contribution in [3.05, 3.63) is 85.6 Å². The molecule has 0 aliphatic rings. The number of H-pyrrole nitrogens is 1. The van der Waals surface area contributed by atoms with E-state index in [4.69, 9.17) is 27.9 Å². The Hall–Kier alpha value is -3.87. The van der Waals surface area contributed by atoms with Gasteiger partial charge in [-0.25, -0.2) is 4.98 Å². The Morgan fingerprint density at radius 2 is 1.85 bits per heavy atom. The van der Waals surface area contributed by atoms with Gasteiger partial charge in [0, 0.05) is 35.9 Å². The molecular formula is C34H38Cl2F3N5O4. The number of carbonyl (C=O) groups excluding carboxylic acids is 2. The third-order valence-electron chi connectivity index (χ3n) is 8.01. The molecule has 14 heteroatoms. The molecule has 0 aliphatic carbocycles. The number of aromatic nitrogens is 3. The van der Waals surface area contributed by atoms with Gasteiger partial charge in [0.25, 0.3) is 5.56 Å². The summed E-state index contributed by atoms with van der Waals surface area (Å²) in [5, 5.41) is 4.15. The van der Waals surface area contributed by atoms with Crippen LogP contribution in [0.25, 0.3) is 22.0 Å². The lowest BCUT2D eigenvalue weighted by Crippen LogP contribution is -2.41. The highest BCUT2D eigenvalue weighted by Crippen LogP contribution is 2.38. The van der Waals surface area contributed by atoms with E-state index in [0.29, 0.717) is 16.7 Å². The smallest absolute Gasteiger partial charge is 0.416 e. The van der Waals surface area contributed by atoms with E-state index in [1.54, 1.807) is 37.3 Å². The molecule has 0 aliphatic heterocycles. The highest BCUT2D eigenvalue weighted by atomic mass is 35.5. The number of nitrogens with one attached hydrogen (secondary N) is 2. The van der Waals surface area contributed by atoms with Crippen LogP contribution in [0.15, 0.2) is 47.5 Å². The minimum Gasteiger partial charge on any atom is -0.469 e. The maximum atomic E-state index is 14.1. The zero-order valence-corrected chi connectivity index (χ0v) is 29.0. The van der Waals surface area contributed by atoms with E-state index in [-0.39, 0.29) is 48.1 Å². The molecule has 1 amide bonds. The van der Waals surface area contributed by atoms with Crippen LogP contribution in [0.1, 0.15) is 61.2 Å². The van der Waals surface area contributed by atoms with Crippen LogP contribution in [0.2, 0.25) is 10.2 Å². The Balaban J connectivity index is 1.81. The summed E-state index contributed by atoms with van der Waals surface area (Å²) in [7, 11) is 4.65. The zero-order chi connectivity index (χ0) is 35.5. The van der Waals surface area contributed by atoms with E-state index < -0.39 is 41.3 Å². The molecule has 0 saturated carbocycles. The fraction of sp³-hybridized carbons (Fsp3) is 0.412. The van der Waals surface area contributed by atoms with Crippen LogP contribution < -0.4 is 10.9 Å². The number of esters is 1. The number of rotatable bonds is 12. The van der Waals surface area contributed by atoms with Crippen LogP contribution in [-0.2, 0) is 26.9 Å². The summed E-state index contributed by atoms with van der Waals surface area (Å²) in [4.78, 5) is 49.2. The fourth-order valence-corrected chi connectivity index (χ4v) is 6.15. The van der Waals surface area contributed by atoms with Gasteiger partial charge in [0.15, 0.2) is 0 Å². The standard InChI is InChI=1S/C34H38Cl2F3N5O4/c1-18(2)11-27(44-17-20(9-10-43(4)5)22(14-29(44)45)34(37,38)39)33(47)42-26(15-30(46)48-6)25-12-21(13-28(36)41-25)31-19(3)7-8-24-32(31)23(35)16-40-24/h7-8,12-14,16-18,26-27,40H,9-11,15H2,1-6H3,(H,42,47)/t26-,27?/m0/s1. The van der Waals surface area contributed by atoms with Gasteiger partial charge in [-0.05, 0) is 80.2 Å². The Kier molecular flexibility index (Phi) is 11.6. The number of pyridine rings is 2. The van der Waals surface area contributed by atoms with Gasteiger partial charge in [0.2, 0.25) is 5.91 Å². The first-order valence-corrected chi connectivity index (χ1v) is 16.0. The van der Waals surface area contributed by atoms with Gasteiger partial charge in [-0.15, -0.1) is 0 Å². The van der Waals surface area contributed by atoms with Crippen molar-refractivity contribution in [1.29, 1.82) is 0 Å². The predicted molar refractivity (Wildman–Crippen MR) is 180 cm³/mol. The summed E-state index contributed by atoms with van der Waals surface area (Å²) in [6.07, 6.45) is -2.19. The summed E-state index contributed by atoms with van der Waals surface area (Å²) in [6.45, 7) is 5.85. The predicted octanol–water partition coefficient (Wildman–Crippen LogP) is 7.14. The number of likely N-dealkylation sites (N-methyl/N-ethyl adjacent to an activating group) is 1. The molecule has 4 aromatic rings. The minimum atomic E-state index is -4.76. The summed E-state index contributed by atoms with van der Waals surface area (Å²) in [6, 6.07) is 5.41. The lowest BCUT2D eigenvalue weighted by Gasteiger charge is -2.26. The molecule has 0 bridgehead atoms. The number of hydrogen-bond acceptors (Lipinski definition) is 6. The largest absolute Gasteiger partial charge is 0.469 e. The number of aryl methyl sites for hydroxylation is 1. The second-order valence-electron chi connectivity index (χ2n) is 12.4. The molecule has 258 valence electrons. The minimum absolute atomic E-state index is 0.00432. The van der Waals surface area contributed by atoms with E-state index in [1.807, 2.05) is 32.9 Å². The summed E-state index contributed by atoms with van der Waals surface area (Å²) >= 11 is 13.1. The third-order valence-corrected chi connectivity index (χ3v) is 8.50. The number of aromatic amines is 1. The highest BCUT2D eigenvalue weighted by Gasteiger charge is 2.36. The number of methoxy groups -OCH3 is 1. The van der Waals surface area contributed by atoms with Crippen molar-refractivity contribution in [2.75, 3.05) is 27.7 Å². The average Bonchev–Trinajstić information content (AvgIpc) is 3.37. The maximum absolute atomic E-state index is 14.1. The SMILES string of the molecule is COC(=O)C[C@H](NC(=O)C(CC(C)C)n1cc(CCN(C)C)c(C(F)(F)F)cc1=O)c1cc(-c2c(C)ccc3[nH]cc(Cl)c23)cc(Cl)n1. The van der Waals surface area contributed by atoms with Crippen LogP contribution in [0.4, 0.5) is 13.2 Å². The van der Waals surface area contributed by atoms with Gasteiger partial charge in [-0.1, -0.05) is 43.1 Å². The molecule has 2 N–H and O–H groups in total. The Labute approximate surface area is 286 Å². The van der Waals surface area contributed by atoms with Crippen molar-refractivity contribution in [2.45, 2.75) is 58.3 Å². The number of benzene rings is 1. The molecule has 9 nitrogen and oxygen atoms in total. The van der Waals surface area contributed by atoms with E-state index in [0.717, 1.165) is 32.8 Å². The van der Waals surface area contributed by atoms with Crippen LogP contribution in [0.3, 0.4) is 0 Å². The normalized spacial score (nSPS) is 13.3. The molecule has 48 heavy (non-hydrogen) atoms. The monoisotopic (exact) mass is 707 g/mol. The second kappa shape index (κ2) is 15.1. The number of alkyl halides is 3. The van der Waals surface area contributed by atoms with Gasteiger partial charge in [-0.3, -0.25) is 14.4 Å². The molecule has 0 fully saturated rings. The zero-order valence-electron chi connectivity index (χ0n) is 27.5. The van der Waals surface area contributed by atoms with Gasteiger partial charge in [0.05, 0.1) is 35.9 Å². The number of ether oxygens (including phenoxy) is 1. The topological polar surface area (TPSA) is 109 Å². The molecule has 3 heterocycles. The molecule has 0 saturated heterocycles. The molecule has 2 atom stereocenters. The van der Waals surface area contributed by atoms with E-state index in [9.17, 15) is 27.6 Å². The lowest BCUT2D eigenvalue weighted by molar-refractivity contribution is -0.141. The quantitative estimate of drug-likeness (QED) is 0.120. The first-order chi connectivity index (χ1) is 22.5. The van der Waals surface area contributed by atoms with Crippen molar-refractivity contribution in [1.82, 2.24) is 24.8 Å². The van der Waals surface area contributed by atoms with Crippen molar-refractivity contribution in [2.24, 2.45) is 5.92 Å². The molecular weight excluding hydrogens is 670 g/mol. The maximum Gasteiger partial charge on any atom is 0.416 e. The Morgan fingerprint density at radius 3 is 2.48 bits per heavy atom. The number of carbonyl (C=O) groups is 2. The molecule has 3 aromatic heterocycles. The van der Waals surface area contributed by atoms with Crippen LogP contribution in [0.5, 0.6) is 0 Å². The molecule has 4 rings (SSSR count). The van der Waals surface area contributed by atoms with Crippen molar-refractivity contribution in [3.8, 4) is 11.1 Å². The van der Waals surface area contributed by atoms with E-state index >= 15 is 0 Å². The van der Waals surface area contributed by atoms with Gasteiger partial charge in [0.1, 0.15) is 11.2 Å². The van der Waals surface area contributed by atoms with Gasteiger partial charge in [-0.2, -0.15) is 13.2 Å². The number of fused-ring (bicyclic) bond motifs is 1. The summed E-state index contributed by atoms with van der Waals surface area (Å²) in [5.74, 6) is -1.48. The van der Waals surface area contributed by atoms with Gasteiger partial charge >= 0.3 is 12.1 Å². The number of amides is 1. The highest BCUT2D eigenvalue weighted by molar-refractivity contribution is 6.37. The van der Waals surface area contributed by atoms with E-state index in [1.165, 1.54) is 7.11 Å². The van der Waals surface area contributed by atoms with Crippen molar-refractivity contribution >= 4 is 46.0 Å². The van der Waals surface area contributed by atoms with Crippen molar-refractivity contribution in [3.63, 3.8) is 0 Å². The Morgan fingerprint density at radius 1 is 1.15 bits per heavy atom. The van der Waals surface area contributed by atoms with Crippen LogP contribution >= 0.6 is 23.2 Å². The summed E-state index contributed by atoms with van der Waals surface area (Å²) < 4.78 is 47.8. The molecule has 0 spiro atoms.